The highest BCUT2D eigenvalue weighted by molar-refractivity contribution is 9.08. The summed E-state index contributed by atoms with van der Waals surface area (Å²) in [5.41, 5.74) is 5.26. The number of aromatic nitrogens is 1. The largest absolute Gasteiger partial charge is 0.383 e. The minimum Gasteiger partial charge on any atom is -0.383 e. The highest BCUT2D eigenvalue weighted by Gasteiger charge is 2.19. The zero-order valence-corrected chi connectivity index (χ0v) is 8.55. The van der Waals surface area contributed by atoms with Crippen molar-refractivity contribution in [2.45, 2.75) is 11.8 Å². The zero-order valence-electron chi connectivity index (χ0n) is 6.97. The van der Waals surface area contributed by atoms with Gasteiger partial charge in [0.1, 0.15) is 11.9 Å². The van der Waals surface area contributed by atoms with Gasteiger partial charge in [0.05, 0.1) is 11.1 Å². The molecule has 2 N–H and O–H groups in total. The smallest absolute Gasteiger partial charge is 0.267 e. The van der Waals surface area contributed by atoms with Gasteiger partial charge in [-0.25, -0.2) is 13.8 Å². The third-order valence-electron chi connectivity index (χ3n) is 1.73. The third kappa shape index (κ3) is 1.82. The minimum atomic E-state index is -2.72. The number of pyridine rings is 1. The predicted molar refractivity (Wildman–Crippen MR) is 51.0 cm³/mol. The van der Waals surface area contributed by atoms with Crippen molar-refractivity contribution >= 4 is 21.7 Å². The monoisotopic (exact) mass is 261 g/mol. The number of nitriles is 1. The maximum absolute atomic E-state index is 12.5. The predicted octanol–water partition coefficient (Wildman–Crippen LogP) is 2.37. The van der Waals surface area contributed by atoms with Crippen LogP contribution in [0, 0.1) is 11.3 Å². The van der Waals surface area contributed by atoms with Crippen molar-refractivity contribution in [2.24, 2.45) is 0 Å². The number of hydrogen-bond acceptors (Lipinski definition) is 3. The lowest BCUT2D eigenvalue weighted by Gasteiger charge is -2.09. The Balaban J connectivity index is 3.45. The van der Waals surface area contributed by atoms with Crippen LogP contribution in [0.5, 0.6) is 0 Å². The lowest BCUT2D eigenvalue weighted by atomic mass is 10.1. The lowest BCUT2D eigenvalue weighted by molar-refractivity contribution is 0.151. The molecule has 1 aromatic rings. The Morgan fingerprint density at radius 3 is 2.71 bits per heavy atom. The van der Waals surface area contributed by atoms with Gasteiger partial charge in [0, 0.05) is 11.5 Å². The molecule has 0 aromatic carbocycles. The van der Waals surface area contributed by atoms with Gasteiger partial charge in [-0.3, -0.25) is 0 Å². The summed E-state index contributed by atoms with van der Waals surface area (Å²) in [6.45, 7) is 0. The second-order valence-corrected chi connectivity index (χ2v) is 3.06. The van der Waals surface area contributed by atoms with Crippen LogP contribution in [0.4, 0.5) is 14.6 Å². The fourth-order valence-corrected chi connectivity index (χ4v) is 1.67. The van der Waals surface area contributed by atoms with Crippen LogP contribution < -0.4 is 5.73 Å². The van der Waals surface area contributed by atoms with E-state index >= 15 is 0 Å². The number of rotatable bonds is 2. The molecule has 0 spiro atoms. The van der Waals surface area contributed by atoms with Crippen LogP contribution >= 0.6 is 15.9 Å². The van der Waals surface area contributed by atoms with E-state index in [0.29, 0.717) is 0 Å². The van der Waals surface area contributed by atoms with Crippen LogP contribution in [0.25, 0.3) is 0 Å². The zero-order chi connectivity index (χ0) is 10.7. The number of alkyl halides is 3. The number of nitrogens with zero attached hydrogens (tertiary/aromatic N) is 2. The van der Waals surface area contributed by atoms with E-state index in [4.69, 9.17) is 11.0 Å². The standard InChI is InChI=1S/C8H6BrF2N3/c9-1-5-4(2-12)3-14-8(13)6(5)7(10)11/h3,7H,1H2,(H2,13,14). The van der Waals surface area contributed by atoms with Gasteiger partial charge in [-0.05, 0) is 5.56 Å². The van der Waals surface area contributed by atoms with E-state index in [1.807, 2.05) is 0 Å². The van der Waals surface area contributed by atoms with E-state index < -0.39 is 6.43 Å². The number of halogens is 3. The first kappa shape index (κ1) is 10.9. The van der Waals surface area contributed by atoms with Gasteiger partial charge in [0.2, 0.25) is 0 Å². The molecule has 0 aliphatic carbocycles. The molecule has 0 bridgehead atoms. The second-order valence-electron chi connectivity index (χ2n) is 2.50. The normalized spacial score (nSPS) is 10.2. The fraction of sp³-hybridized carbons (Fsp3) is 0.250. The molecule has 0 unspecified atom stereocenters. The number of nitrogens with two attached hydrogens (primary N) is 1. The van der Waals surface area contributed by atoms with E-state index in [0.717, 1.165) is 0 Å². The van der Waals surface area contributed by atoms with Crippen LogP contribution in [0.3, 0.4) is 0 Å². The molecular formula is C8H6BrF2N3. The molecule has 0 fully saturated rings. The molecule has 0 aliphatic rings. The highest BCUT2D eigenvalue weighted by Crippen LogP contribution is 2.30. The van der Waals surface area contributed by atoms with Crippen molar-refractivity contribution in [1.29, 1.82) is 5.26 Å². The van der Waals surface area contributed by atoms with Crippen LogP contribution in [0.15, 0.2) is 6.20 Å². The summed E-state index contributed by atoms with van der Waals surface area (Å²) in [5, 5.41) is 8.81. The van der Waals surface area contributed by atoms with Crippen LogP contribution in [0.2, 0.25) is 0 Å². The summed E-state index contributed by atoms with van der Waals surface area (Å²) in [6.07, 6.45) is -1.53. The van der Waals surface area contributed by atoms with E-state index in [-0.39, 0.29) is 27.8 Å². The second kappa shape index (κ2) is 4.33. The Labute approximate surface area is 87.7 Å². The number of hydrogen-bond donors (Lipinski definition) is 1. The van der Waals surface area contributed by atoms with Crippen molar-refractivity contribution in [3.63, 3.8) is 0 Å². The molecule has 1 rings (SSSR count). The molecule has 1 heterocycles. The van der Waals surface area contributed by atoms with Crippen molar-refractivity contribution in [2.75, 3.05) is 5.73 Å². The van der Waals surface area contributed by atoms with Gasteiger partial charge >= 0.3 is 0 Å². The van der Waals surface area contributed by atoms with Crippen molar-refractivity contribution in [3.8, 4) is 6.07 Å². The van der Waals surface area contributed by atoms with E-state index in [1.54, 1.807) is 6.07 Å². The first-order valence-electron chi connectivity index (χ1n) is 3.63. The summed E-state index contributed by atoms with van der Waals surface area (Å²) in [6, 6.07) is 1.79. The Kier molecular flexibility index (Phi) is 3.36. The summed E-state index contributed by atoms with van der Waals surface area (Å²) in [7, 11) is 0. The van der Waals surface area contributed by atoms with Gasteiger partial charge in [-0.15, -0.1) is 0 Å². The molecule has 6 heteroatoms. The Morgan fingerprint density at radius 2 is 2.29 bits per heavy atom. The van der Waals surface area contributed by atoms with Gasteiger partial charge in [-0.2, -0.15) is 5.26 Å². The fourth-order valence-electron chi connectivity index (χ4n) is 1.07. The average Bonchev–Trinajstić information content (AvgIpc) is 2.16. The molecule has 0 atom stereocenters. The summed E-state index contributed by atoms with van der Waals surface area (Å²) in [4.78, 5) is 3.53. The van der Waals surface area contributed by atoms with Gasteiger partial charge in [-0.1, -0.05) is 15.9 Å². The molecule has 1 aromatic heterocycles. The molecule has 0 radical (unpaired) electrons. The van der Waals surface area contributed by atoms with E-state index in [2.05, 4.69) is 20.9 Å². The SMILES string of the molecule is N#Cc1cnc(N)c(C(F)F)c1CBr. The van der Waals surface area contributed by atoms with Crippen LogP contribution in [-0.4, -0.2) is 4.98 Å². The molecular weight excluding hydrogens is 256 g/mol. The molecule has 74 valence electrons. The summed E-state index contributed by atoms with van der Waals surface area (Å²) >= 11 is 3.03. The van der Waals surface area contributed by atoms with Gasteiger partial charge < -0.3 is 5.73 Å². The molecule has 0 aliphatic heterocycles. The minimum absolute atomic E-state index is 0.117. The average molecular weight is 262 g/mol. The topological polar surface area (TPSA) is 62.7 Å². The first-order valence-corrected chi connectivity index (χ1v) is 4.75. The summed E-state index contributed by atoms with van der Waals surface area (Å²) < 4.78 is 25.1. The molecule has 0 saturated carbocycles. The van der Waals surface area contributed by atoms with Gasteiger partial charge in [0.25, 0.3) is 6.43 Å². The number of nitrogen functional groups attached to an aromatic ring is 1. The quantitative estimate of drug-likeness (QED) is 0.832. The lowest BCUT2D eigenvalue weighted by Crippen LogP contribution is -2.04. The van der Waals surface area contributed by atoms with Gasteiger partial charge in [0.15, 0.2) is 0 Å². The first-order chi connectivity index (χ1) is 6.61. The molecule has 3 nitrogen and oxygen atoms in total. The highest BCUT2D eigenvalue weighted by atomic mass is 79.9. The van der Waals surface area contributed by atoms with E-state index in [9.17, 15) is 8.78 Å². The van der Waals surface area contributed by atoms with Crippen LogP contribution in [0.1, 0.15) is 23.1 Å². The van der Waals surface area contributed by atoms with Crippen molar-refractivity contribution in [3.05, 3.63) is 22.9 Å². The van der Waals surface area contributed by atoms with Crippen LogP contribution in [-0.2, 0) is 5.33 Å². The summed E-state index contributed by atoms with van der Waals surface area (Å²) in [5.74, 6) is -0.228. The maximum Gasteiger partial charge on any atom is 0.267 e. The Bertz CT molecular complexity index is 387. The molecule has 14 heavy (non-hydrogen) atoms. The third-order valence-corrected chi connectivity index (χ3v) is 2.29. The number of anilines is 1. The molecule has 0 saturated heterocycles. The van der Waals surface area contributed by atoms with E-state index in [1.165, 1.54) is 6.20 Å². The van der Waals surface area contributed by atoms with Crippen molar-refractivity contribution in [1.82, 2.24) is 4.98 Å². The maximum atomic E-state index is 12.5. The van der Waals surface area contributed by atoms with Crippen molar-refractivity contribution < 1.29 is 8.78 Å². The Hall–Kier alpha value is -1.22. The Morgan fingerprint density at radius 1 is 1.64 bits per heavy atom. The molecule has 0 amide bonds.